The lowest BCUT2D eigenvalue weighted by Crippen LogP contribution is -2.47. The normalized spacial score (nSPS) is 28.2. The van der Waals surface area contributed by atoms with E-state index < -0.39 is 6.09 Å². The summed E-state index contributed by atoms with van der Waals surface area (Å²) in [6, 6.07) is 10.6. The number of carbonyl (C=O) groups is 1. The molecule has 0 spiro atoms. The number of carboxylic acid groups (broad SMARTS) is 1. The molecule has 1 aromatic carbocycles. The SMILES string of the molecule is O=C(O)N1C[C@H]2CC(Nc3cc4ccccc4[nH]3)[C@@H]1C2. The summed E-state index contributed by atoms with van der Waals surface area (Å²) in [5, 5.41) is 13.9. The van der Waals surface area contributed by atoms with Crippen molar-refractivity contribution in [3.05, 3.63) is 30.3 Å². The number of nitrogens with zero attached hydrogens (tertiary/aromatic N) is 1. The number of piperidine rings is 1. The van der Waals surface area contributed by atoms with Crippen molar-refractivity contribution in [1.29, 1.82) is 0 Å². The third kappa shape index (κ3) is 1.73. The number of anilines is 1. The summed E-state index contributed by atoms with van der Waals surface area (Å²) in [5.41, 5.74) is 1.10. The second-order valence-electron chi connectivity index (χ2n) is 5.86. The summed E-state index contributed by atoms with van der Waals surface area (Å²) in [5.74, 6) is 1.49. The van der Waals surface area contributed by atoms with E-state index in [1.165, 1.54) is 5.39 Å². The van der Waals surface area contributed by atoms with E-state index in [9.17, 15) is 9.90 Å². The average molecular weight is 271 g/mol. The maximum absolute atomic E-state index is 11.2. The first-order valence-corrected chi connectivity index (χ1v) is 7.04. The molecule has 3 atom stereocenters. The van der Waals surface area contributed by atoms with Crippen molar-refractivity contribution in [3.63, 3.8) is 0 Å². The zero-order chi connectivity index (χ0) is 13.7. The Bertz CT molecular complexity index is 633. The molecule has 2 aromatic rings. The Morgan fingerprint density at radius 1 is 1.35 bits per heavy atom. The first kappa shape index (κ1) is 11.6. The number of likely N-dealkylation sites (tertiary alicyclic amines) is 1. The maximum Gasteiger partial charge on any atom is 0.407 e. The van der Waals surface area contributed by atoms with Crippen LogP contribution in [0.25, 0.3) is 10.9 Å². The van der Waals surface area contributed by atoms with Gasteiger partial charge in [0.1, 0.15) is 5.82 Å². The van der Waals surface area contributed by atoms with Crippen LogP contribution < -0.4 is 5.32 Å². The van der Waals surface area contributed by atoms with Crippen molar-refractivity contribution >= 4 is 22.8 Å². The molecule has 5 heteroatoms. The third-order valence-corrected chi connectivity index (χ3v) is 4.60. The summed E-state index contributed by atoms with van der Waals surface area (Å²) < 4.78 is 0. The lowest BCUT2D eigenvalue weighted by molar-refractivity contribution is 0.127. The van der Waals surface area contributed by atoms with Gasteiger partial charge in [-0.25, -0.2) is 4.79 Å². The number of amides is 1. The van der Waals surface area contributed by atoms with Crippen LogP contribution in [0.15, 0.2) is 30.3 Å². The number of nitrogens with one attached hydrogen (secondary N) is 2. The van der Waals surface area contributed by atoms with Gasteiger partial charge in [-0.3, -0.25) is 0 Å². The van der Waals surface area contributed by atoms with E-state index in [2.05, 4.69) is 22.4 Å². The fourth-order valence-electron chi connectivity index (χ4n) is 3.75. The largest absolute Gasteiger partial charge is 0.465 e. The van der Waals surface area contributed by atoms with E-state index >= 15 is 0 Å². The van der Waals surface area contributed by atoms with Gasteiger partial charge in [-0.2, -0.15) is 0 Å². The average Bonchev–Trinajstić information content (AvgIpc) is 3.09. The van der Waals surface area contributed by atoms with Crippen LogP contribution in [0, 0.1) is 5.92 Å². The molecule has 2 heterocycles. The van der Waals surface area contributed by atoms with Crippen LogP contribution in [-0.4, -0.2) is 39.7 Å². The third-order valence-electron chi connectivity index (χ3n) is 4.60. The Morgan fingerprint density at radius 3 is 2.95 bits per heavy atom. The molecule has 4 rings (SSSR count). The second kappa shape index (κ2) is 4.16. The molecule has 1 saturated carbocycles. The lowest BCUT2D eigenvalue weighted by atomic mass is 10.1. The zero-order valence-corrected chi connectivity index (χ0v) is 11.0. The highest BCUT2D eigenvalue weighted by molar-refractivity contribution is 5.83. The van der Waals surface area contributed by atoms with Gasteiger partial charge in [0, 0.05) is 23.5 Å². The topological polar surface area (TPSA) is 68.4 Å². The van der Waals surface area contributed by atoms with Crippen molar-refractivity contribution in [3.8, 4) is 0 Å². The summed E-state index contributed by atoms with van der Waals surface area (Å²) in [6.07, 6.45) is 1.26. The molecule has 20 heavy (non-hydrogen) atoms. The summed E-state index contributed by atoms with van der Waals surface area (Å²) in [7, 11) is 0. The number of rotatable bonds is 2. The lowest BCUT2D eigenvalue weighted by Gasteiger charge is -2.31. The van der Waals surface area contributed by atoms with Crippen molar-refractivity contribution in [2.24, 2.45) is 5.92 Å². The molecule has 2 bridgehead atoms. The van der Waals surface area contributed by atoms with Gasteiger partial charge in [0.2, 0.25) is 0 Å². The molecule has 1 saturated heterocycles. The molecule has 1 aliphatic carbocycles. The van der Waals surface area contributed by atoms with Gasteiger partial charge >= 0.3 is 6.09 Å². The highest BCUT2D eigenvalue weighted by Crippen LogP contribution is 2.39. The highest BCUT2D eigenvalue weighted by atomic mass is 16.4. The van der Waals surface area contributed by atoms with Crippen molar-refractivity contribution in [2.75, 3.05) is 11.9 Å². The number of para-hydroxylation sites is 1. The Labute approximate surface area is 116 Å². The van der Waals surface area contributed by atoms with Gasteiger partial charge in [0.05, 0.1) is 6.04 Å². The Balaban J connectivity index is 1.56. The van der Waals surface area contributed by atoms with Crippen molar-refractivity contribution < 1.29 is 9.90 Å². The number of benzene rings is 1. The number of H-pyrrole nitrogens is 1. The van der Waals surface area contributed by atoms with Gasteiger partial charge in [0.25, 0.3) is 0 Å². The minimum absolute atomic E-state index is 0.115. The first-order valence-electron chi connectivity index (χ1n) is 7.04. The van der Waals surface area contributed by atoms with Crippen molar-refractivity contribution in [1.82, 2.24) is 9.88 Å². The van der Waals surface area contributed by atoms with Crippen LogP contribution >= 0.6 is 0 Å². The quantitative estimate of drug-likeness (QED) is 0.786. The molecule has 1 unspecified atom stereocenters. The number of aromatic nitrogens is 1. The Morgan fingerprint density at radius 2 is 2.20 bits per heavy atom. The van der Waals surface area contributed by atoms with Crippen LogP contribution in [0.5, 0.6) is 0 Å². The fraction of sp³-hybridized carbons (Fsp3) is 0.400. The molecule has 2 fully saturated rings. The molecule has 1 aromatic heterocycles. The second-order valence-corrected chi connectivity index (χ2v) is 5.86. The Kier molecular flexibility index (Phi) is 2.42. The van der Waals surface area contributed by atoms with Crippen LogP contribution in [-0.2, 0) is 0 Å². The standard InChI is InChI=1S/C15H17N3O2/c19-15(20)18-8-9-5-12(13(18)6-9)17-14-7-10-3-1-2-4-11(10)16-14/h1-4,7,9,12-13,16-17H,5-6,8H2,(H,19,20)/t9-,12?,13-/m0/s1. The molecule has 0 radical (unpaired) electrons. The molecule has 1 amide bonds. The smallest absolute Gasteiger partial charge is 0.407 e. The van der Waals surface area contributed by atoms with Crippen molar-refractivity contribution in [2.45, 2.75) is 24.9 Å². The number of fused-ring (bicyclic) bond motifs is 3. The molecule has 2 aliphatic rings. The van der Waals surface area contributed by atoms with Crippen LogP contribution in [0.1, 0.15) is 12.8 Å². The summed E-state index contributed by atoms with van der Waals surface area (Å²) in [4.78, 5) is 16.2. The summed E-state index contributed by atoms with van der Waals surface area (Å²) in [6.45, 7) is 0.699. The number of hydrogen-bond donors (Lipinski definition) is 3. The zero-order valence-electron chi connectivity index (χ0n) is 11.0. The van der Waals surface area contributed by atoms with Gasteiger partial charge in [-0.05, 0) is 30.9 Å². The van der Waals surface area contributed by atoms with E-state index in [-0.39, 0.29) is 12.1 Å². The fourth-order valence-corrected chi connectivity index (χ4v) is 3.75. The predicted octanol–water partition coefficient (Wildman–Crippen LogP) is 2.72. The molecule has 3 N–H and O–H groups in total. The molecule has 5 nitrogen and oxygen atoms in total. The minimum atomic E-state index is -0.791. The summed E-state index contributed by atoms with van der Waals surface area (Å²) >= 11 is 0. The van der Waals surface area contributed by atoms with E-state index in [1.807, 2.05) is 18.2 Å². The number of hydrogen-bond acceptors (Lipinski definition) is 2. The van der Waals surface area contributed by atoms with Gasteiger partial charge in [0.15, 0.2) is 0 Å². The highest BCUT2D eigenvalue weighted by Gasteiger charge is 2.47. The van der Waals surface area contributed by atoms with Gasteiger partial charge in [-0.15, -0.1) is 0 Å². The van der Waals surface area contributed by atoms with E-state index in [4.69, 9.17) is 0 Å². The van der Waals surface area contributed by atoms with Crippen LogP contribution in [0.2, 0.25) is 0 Å². The van der Waals surface area contributed by atoms with Gasteiger partial charge < -0.3 is 20.3 Å². The molecular weight excluding hydrogens is 254 g/mol. The monoisotopic (exact) mass is 271 g/mol. The Hall–Kier alpha value is -2.17. The van der Waals surface area contributed by atoms with E-state index in [1.54, 1.807) is 4.90 Å². The van der Waals surface area contributed by atoms with Crippen LogP contribution in [0.3, 0.4) is 0 Å². The molecule has 1 aliphatic heterocycles. The van der Waals surface area contributed by atoms with Gasteiger partial charge in [-0.1, -0.05) is 18.2 Å². The molecular formula is C15H17N3O2. The number of aromatic amines is 1. The molecule has 104 valence electrons. The maximum atomic E-state index is 11.2. The van der Waals surface area contributed by atoms with E-state index in [0.717, 1.165) is 24.2 Å². The minimum Gasteiger partial charge on any atom is -0.465 e. The van der Waals surface area contributed by atoms with Crippen LogP contribution in [0.4, 0.5) is 10.6 Å². The predicted molar refractivity (Wildman–Crippen MR) is 77.0 cm³/mol. The first-order chi connectivity index (χ1) is 9.70. The van der Waals surface area contributed by atoms with E-state index in [0.29, 0.717) is 12.5 Å².